The molecule has 1 heterocycles. The van der Waals surface area contributed by atoms with Gasteiger partial charge in [-0.15, -0.1) is 0 Å². The third-order valence-corrected chi connectivity index (χ3v) is 4.72. The molecule has 5 nitrogen and oxygen atoms in total. The Morgan fingerprint density at radius 2 is 2.39 bits per heavy atom. The van der Waals surface area contributed by atoms with Gasteiger partial charge in [0, 0.05) is 24.0 Å². The zero-order valence-electron chi connectivity index (χ0n) is 13.5. The third-order valence-electron chi connectivity index (χ3n) is 4.49. The lowest BCUT2D eigenvalue weighted by atomic mass is 9.74. The molecule has 1 aromatic rings. The van der Waals surface area contributed by atoms with Gasteiger partial charge in [-0.1, -0.05) is 23.7 Å². The monoisotopic (exact) mass is 340 g/mol. The Morgan fingerprint density at radius 3 is 3.04 bits per heavy atom. The summed E-state index contributed by atoms with van der Waals surface area (Å²) in [5, 5.41) is 18.1. The van der Waals surface area contributed by atoms with Crippen molar-refractivity contribution in [2.45, 2.75) is 31.3 Å². The summed E-state index contributed by atoms with van der Waals surface area (Å²) in [5.74, 6) is 0.132. The predicted octanol–water partition coefficient (Wildman–Crippen LogP) is 2.66. The number of carbonyl (C=O) groups is 1. The molecule has 1 unspecified atom stereocenters. The summed E-state index contributed by atoms with van der Waals surface area (Å²) in [7, 11) is 1.34. The van der Waals surface area contributed by atoms with Gasteiger partial charge in [0.2, 0.25) is 0 Å². The van der Waals surface area contributed by atoms with Gasteiger partial charge in [-0.3, -0.25) is 0 Å². The van der Waals surface area contributed by atoms with Crippen LogP contribution in [0.2, 0.25) is 5.02 Å². The highest BCUT2D eigenvalue weighted by molar-refractivity contribution is 6.30. The Morgan fingerprint density at radius 1 is 1.57 bits per heavy atom. The molecular weight excluding hydrogens is 316 g/mol. The van der Waals surface area contributed by atoms with E-state index >= 15 is 0 Å². The molecule has 0 aromatic heterocycles. The molecule has 0 aliphatic carbocycles. The smallest absolute Gasteiger partial charge is 0.406 e. The Hall–Kier alpha value is -1.30. The maximum Gasteiger partial charge on any atom is 0.406 e. The van der Waals surface area contributed by atoms with Crippen molar-refractivity contribution in [3.05, 3.63) is 34.9 Å². The summed E-state index contributed by atoms with van der Waals surface area (Å²) in [6, 6.07) is 7.44. The van der Waals surface area contributed by atoms with Crippen LogP contribution in [0.3, 0.4) is 0 Å². The van der Waals surface area contributed by atoms with Gasteiger partial charge in [-0.05, 0) is 49.9 Å². The van der Waals surface area contributed by atoms with Crippen molar-refractivity contribution in [3.63, 3.8) is 0 Å². The Bertz CT molecular complexity index is 520. The summed E-state index contributed by atoms with van der Waals surface area (Å²) in [6.07, 6.45) is 2.79. The van der Waals surface area contributed by atoms with Crippen LogP contribution >= 0.6 is 11.6 Å². The zero-order valence-corrected chi connectivity index (χ0v) is 14.2. The molecule has 1 aliphatic rings. The quantitative estimate of drug-likeness (QED) is 0.696. The van der Waals surface area contributed by atoms with E-state index in [1.54, 1.807) is 0 Å². The molecule has 128 valence electrons. The first kappa shape index (κ1) is 18.0. The number of benzene rings is 1. The average Bonchev–Trinajstić information content (AvgIpc) is 2.59. The third kappa shape index (κ3) is 4.83. The molecule has 2 atom stereocenters. The van der Waals surface area contributed by atoms with E-state index in [1.807, 2.05) is 24.3 Å². The molecule has 1 amide bonds. The Labute approximate surface area is 142 Å². The lowest BCUT2D eigenvalue weighted by molar-refractivity contribution is -0.0420. The highest BCUT2D eigenvalue weighted by atomic mass is 35.5. The summed E-state index contributed by atoms with van der Waals surface area (Å²) in [6.45, 7) is 2.25. The van der Waals surface area contributed by atoms with Crippen LogP contribution in [0.4, 0.5) is 4.79 Å². The summed E-state index contributed by atoms with van der Waals surface area (Å²) >= 11 is 6.11. The van der Waals surface area contributed by atoms with Gasteiger partial charge in [-0.25, -0.2) is 4.79 Å². The first-order valence-electron chi connectivity index (χ1n) is 8.07. The number of piperidine rings is 1. The lowest BCUT2D eigenvalue weighted by Gasteiger charge is -2.39. The average molecular weight is 341 g/mol. The van der Waals surface area contributed by atoms with E-state index in [0.717, 1.165) is 31.5 Å². The van der Waals surface area contributed by atoms with Crippen molar-refractivity contribution in [3.8, 4) is 0 Å². The van der Waals surface area contributed by atoms with E-state index in [2.05, 4.69) is 15.4 Å². The van der Waals surface area contributed by atoms with Gasteiger partial charge >= 0.3 is 6.09 Å². The number of carbonyl (C=O) groups excluding carboxylic acids is 1. The second kappa shape index (κ2) is 8.52. The van der Waals surface area contributed by atoms with Crippen LogP contribution in [0, 0.1) is 5.92 Å². The molecule has 23 heavy (non-hydrogen) atoms. The topological polar surface area (TPSA) is 70.6 Å². The number of rotatable bonds is 6. The fraction of sp³-hybridized carbons (Fsp3) is 0.588. The van der Waals surface area contributed by atoms with Crippen molar-refractivity contribution < 1.29 is 14.6 Å². The summed E-state index contributed by atoms with van der Waals surface area (Å²) < 4.78 is 4.56. The minimum Gasteiger partial charge on any atom is -0.453 e. The number of halogens is 1. The number of amides is 1. The number of alkyl carbamates (subject to hydrolysis) is 1. The van der Waals surface area contributed by atoms with Crippen molar-refractivity contribution in [2.75, 3.05) is 26.7 Å². The number of aliphatic hydroxyl groups is 1. The first-order chi connectivity index (χ1) is 11.1. The largest absolute Gasteiger partial charge is 0.453 e. The Balaban J connectivity index is 2.09. The normalized spacial score (nSPS) is 20.6. The molecule has 0 saturated carbocycles. The minimum absolute atomic E-state index is 0.132. The highest BCUT2D eigenvalue weighted by Crippen LogP contribution is 2.38. The maximum absolute atomic E-state index is 11.4. The van der Waals surface area contributed by atoms with Crippen molar-refractivity contribution in [2.24, 2.45) is 5.92 Å². The predicted molar refractivity (Wildman–Crippen MR) is 90.6 cm³/mol. The van der Waals surface area contributed by atoms with Crippen molar-refractivity contribution in [1.82, 2.24) is 10.6 Å². The second-order valence-corrected chi connectivity index (χ2v) is 6.44. The molecule has 0 radical (unpaired) electrons. The molecule has 2 rings (SSSR count). The van der Waals surface area contributed by atoms with Gasteiger partial charge in [0.1, 0.15) is 0 Å². The number of hydrogen-bond donors (Lipinski definition) is 3. The van der Waals surface area contributed by atoms with Crippen LogP contribution in [-0.4, -0.2) is 37.9 Å². The molecule has 1 saturated heterocycles. The van der Waals surface area contributed by atoms with Crippen LogP contribution < -0.4 is 10.6 Å². The molecule has 3 N–H and O–H groups in total. The molecule has 1 aliphatic heterocycles. The van der Waals surface area contributed by atoms with Gasteiger partial charge in [0.25, 0.3) is 0 Å². The SMILES string of the molecule is COC(=O)NCCC[C@@](O)(c1cccc(Cl)c1)C1CCCNC1. The summed E-state index contributed by atoms with van der Waals surface area (Å²) in [4.78, 5) is 11.1. The molecule has 0 spiro atoms. The van der Waals surface area contributed by atoms with E-state index in [9.17, 15) is 9.90 Å². The van der Waals surface area contributed by atoms with Crippen LogP contribution in [0.1, 0.15) is 31.2 Å². The van der Waals surface area contributed by atoms with Gasteiger partial charge in [0.15, 0.2) is 0 Å². The zero-order chi connectivity index (χ0) is 16.7. The van der Waals surface area contributed by atoms with Crippen LogP contribution in [0.5, 0.6) is 0 Å². The molecule has 0 bridgehead atoms. The van der Waals surface area contributed by atoms with E-state index in [4.69, 9.17) is 11.6 Å². The number of ether oxygens (including phenoxy) is 1. The van der Waals surface area contributed by atoms with E-state index in [0.29, 0.717) is 24.4 Å². The van der Waals surface area contributed by atoms with Gasteiger partial charge < -0.3 is 20.5 Å². The molecule has 1 fully saturated rings. The number of hydrogen-bond acceptors (Lipinski definition) is 4. The van der Waals surface area contributed by atoms with E-state index in [-0.39, 0.29) is 5.92 Å². The lowest BCUT2D eigenvalue weighted by Crippen LogP contribution is -2.44. The van der Waals surface area contributed by atoms with Crippen LogP contribution in [-0.2, 0) is 10.3 Å². The Kier molecular flexibility index (Phi) is 6.69. The first-order valence-corrected chi connectivity index (χ1v) is 8.45. The fourth-order valence-electron chi connectivity index (χ4n) is 3.22. The van der Waals surface area contributed by atoms with E-state index < -0.39 is 11.7 Å². The highest BCUT2D eigenvalue weighted by Gasteiger charge is 2.38. The van der Waals surface area contributed by atoms with Crippen molar-refractivity contribution >= 4 is 17.7 Å². The van der Waals surface area contributed by atoms with Crippen LogP contribution in [0.15, 0.2) is 24.3 Å². The molecule has 1 aromatic carbocycles. The molecular formula is C17H25ClN2O3. The van der Waals surface area contributed by atoms with Crippen LogP contribution in [0.25, 0.3) is 0 Å². The van der Waals surface area contributed by atoms with E-state index in [1.165, 1.54) is 7.11 Å². The number of nitrogens with one attached hydrogen (secondary N) is 2. The van der Waals surface area contributed by atoms with Gasteiger partial charge in [0.05, 0.1) is 12.7 Å². The van der Waals surface area contributed by atoms with Crippen molar-refractivity contribution in [1.29, 1.82) is 0 Å². The van der Waals surface area contributed by atoms with Gasteiger partial charge in [-0.2, -0.15) is 0 Å². The summed E-state index contributed by atoms with van der Waals surface area (Å²) in [5.41, 5.74) is -0.104. The fourth-order valence-corrected chi connectivity index (χ4v) is 3.41. The molecule has 6 heteroatoms. The maximum atomic E-state index is 11.4. The second-order valence-electron chi connectivity index (χ2n) is 6.00. The minimum atomic E-state index is -0.948. The number of methoxy groups -OCH3 is 1. The standard InChI is InChI=1S/C17H25ClN2O3/c1-23-16(21)20-10-4-8-17(22,14-6-3-9-19-12-14)13-5-2-7-15(18)11-13/h2,5,7,11,14,19,22H,3-4,6,8-10,12H2,1H3,(H,20,21)/t14?,17-/m1/s1.